The number of nitrogens with zero attached hydrogens (tertiary/aromatic N) is 1. The van der Waals surface area contributed by atoms with E-state index in [1.807, 2.05) is 6.92 Å². The fourth-order valence-electron chi connectivity index (χ4n) is 3.62. The van der Waals surface area contributed by atoms with Crippen molar-refractivity contribution in [3.63, 3.8) is 0 Å². The lowest BCUT2D eigenvalue weighted by Gasteiger charge is -2.44. The molecule has 1 rings (SSSR count). The van der Waals surface area contributed by atoms with Crippen LogP contribution in [-0.4, -0.2) is 64.2 Å². The number of aromatic hydroxyl groups is 1. The van der Waals surface area contributed by atoms with Crippen LogP contribution in [0.1, 0.15) is 85.4 Å². The number of carbonyl (C=O) groups is 4. The molecule has 0 saturated heterocycles. The first-order valence-corrected chi connectivity index (χ1v) is 12.6. The van der Waals surface area contributed by atoms with Crippen molar-refractivity contribution >= 4 is 23.9 Å². The third-order valence-corrected chi connectivity index (χ3v) is 5.86. The van der Waals surface area contributed by atoms with Gasteiger partial charge in [0.25, 0.3) is 0 Å². The highest BCUT2D eigenvalue weighted by Gasteiger charge is 2.43. The van der Waals surface area contributed by atoms with Crippen LogP contribution in [0.3, 0.4) is 0 Å². The minimum Gasteiger partial charge on any atom is -0.507 e. The molecule has 0 aliphatic heterocycles. The predicted octanol–water partition coefficient (Wildman–Crippen LogP) is 3.74. The maximum absolute atomic E-state index is 13.9. The number of carbonyl (C=O) groups excluding carboxylic acids is 4. The number of esters is 1. The van der Waals surface area contributed by atoms with Gasteiger partial charge in [-0.25, -0.2) is 4.79 Å². The molecule has 0 saturated carbocycles. The van der Waals surface area contributed by atoms with Crippen molar-refractivity contribution in [2.75, 3.05) is 13.2 Å². The molecule has 0 heterocycles. The minimum absolute atomic E-state index is 0.0129. The number of phenols is 1. The Labute approximate surface area is 220 Å². The summed E-state index contributed by atoms with van der Waals surface area (Å²) >= 11 is 0. The van der Waals surface area contributed by atoms with Crippen LogP contribution in [0.15, 0.2) is 18.2 Å². The van der Waals surface area contributed by atoms with Gasteiger partial charge in [-0.15, -0.1) is 0 Å². The third kappa shape index (κ3) is 9.26. The quantitative estimate of drug-likeness (QED) is 0.378. The number of hydrogen-bond acceptors (Lipinski definition) is 7. The molecule has 3 amide bonds. The van der Waals surface area contributed by atoms with E-state index in [1.54, 1.807) is 66.7 Å². The zero-order chi connectivity index (χ0) is 28.6. The van der Waals surface area contributed by atoms with Crippen LogP contribution in [0, 0.1) is 6.92 Å². The molecule has 2 atom stereocenters. The number of amides is 3. The van der Waals surface area contributed by atoms with Crippen molar-refractivity contribution in [1.29, 1.82) is 0 Å². The number of ether oxygens (including phenoxy) is 2. The van der Waals surface area contributed by atoms with Crippen LogP contribution in [0.25, 0.3) is 0 Å². The van der Waals surface area contributed by atoms with Crippen LogP contribution in [0.4, 0.5) is 4.79 Å². The molecule has 0 aliphatic carbocycles. The maximum atomic E-state index is 13.9. The monoisotopic (exact) mass is 521 g/mol. The lowest BCUT2D eigenvalue weighted by Crippen LogP contribution is -2.58. The second-order valence-corrected chi connectivity index (χ2v) is 10.5. The number of benzene rings is 1. The number of nitrogens with one attached hydrogen (secondary N) is 2. The number of hydrogen-bond donors (Lipinski definition) is 3. The molecule has 0 aromatic heterocycles. The molecule has 0 fully saturated rings. The Balaban J connectivity index is 3.47. The van der Waals surface area contributed by atoms with Crippen molar-refractivity contribution in [2.24, 2.45) is 0 Å². The summed E-state index contributed by atoms with van der Waals surface area (Å²) in [5.74, 6) is -1.70. The summed E-state index contributed by atoms with van der Waals surface area (Å²) in [5, 5.41) is 16.2. The van der Waals surface area contributed by atoms with Gasteiger partial charge in [0.05, 0.1) is 13.0 Å². The number of rotatable bonds is 11. The first-order chi connectivity index (χ1) is 17.1. The van der Waals surface area contributed by atoms with Crippen molar-refractivity contribution in [1.82, 2.24) is 15.5 Å². The Bertz CT molecular complexity index is 969. The fraction of sp³-hybridized carbons (Fsp3) is 0.630. The van der Waals surface area contributed by atoms with Gasteiger partial charge in [-0.05, 0) is 67.4 Å². The zero-order valence-electron chi connectivity index (χ0n) is 23.6. The molecular weight excluding hydrogens is 478 g/mol. The van der Waals surface area contributed by atoms with E-state index < -0.39 is 47.1 Å². The molecule has 1 aromatic carbocycles. The number of para-hydroxylation sites is 1. The minimum atomic E-state index is -1.24. The Hall–Kier alpha value is -3.30. The van der Waals surface area contributed by atoms with E-state index >= 15 is 0 Å². The molecule has 1 aromatic rings. The number of phenolic OH excluding ortho intramolecular Hbond substituents is 1. The molecule has 0 aliphatic rings. The third-order valence-electron chi connectivity index (χ3n) is 5.86. The summed E-state index contributed by atoms with van der Waals surface area (Å²) < 4.78 is 10.2. The predicted molar refractivity (Wildman–Crippen MR) is 140 cm³/mol. The summed E-state index contributed by atoms with van der Waals surface area (Å²) in [5.41, 5.74) is -0.860. The van der Waals surface area contributed by atoms with Gasteiger partial charge in [0, 0.05) is 17.6 Å². The van der Waals surface area contributed by atoms with Crippen LogP contribution in [-0.2, 0) is 23.9 Å². The van der Waals surface area contributed by atoms with Gasteiger partial charge in [-0.3, -0.25) is 14.4 Å². The lowest BCUT2D eigenvalue weighted by atomic mass is 9.91. The highest BCUT2D eigenvalue weighted by Crippen LogP contribution is 2.37. The first-order valence-electron chi connectivity index (χ1n) is 12.6. The van der Waals surface area contributed by atoms with E-state index in [-0.39, 0.29) is 30.9 Å². The van der Waals surface area contributed by atoms with Crippen molar-refractivity contribution < 1.29 is 33.8 Å². The highest BCUT2D eigenvalue weighted by atomic mass is 16.6. The summed E-state index contributed by atoms with van der Waals surface area (Å²) in [6, 6.07) is 2.68. The highest BCUT2D eigenvalue weighted by molar-refractivity contribution is 5.93. The van der Waals surface area contributed by atoms with E-state index in [0.717, 1.165) is 0 Å². The smallest absolute Gasteiger partial charge is 0.408 e. The summed E-state index contributed by atoms with van der Waals surface area (Å²) in [6.07, 6.45) is -0.346. The standard InChI is InChI=1S/C27H43N3O7/c1-10-27(8,9)30(24(34)18(4)29-25(35)37-26(5,6)7)21(19-14-12-13-17(3)22(19)32)23(33)28-16-15-20(31)36-11-2/h12-14,18,21,32H,10-11,15-16H2,1-9H3,(H,28,33)(H,29,35). The van der Waals surface area contributed by atoms with E-state index in [1.165, 1.54) is 11.8 Å². The number of aryl methyl sites for hydroxylation is 1. The topological polar surface area (TPSA) is 134 Å². The van der Waals surface area contributed by atoms with Gasteiger partial charge < -0.3 is 30.1 Å². The Kier molecular flexibility index (Phi) is 11.4. The van der Waals surface area contributed by atoms with Gasteiger partial charge in [0.2, 0.25) is 11.8 Å². The van der Waals surface area contributed by atoms with Gasteiger partial charge in [-0.1, -0.05) is 25.1 Å². The molecule has 10 nitrogen and oxygen atoms in total. The van der Waals surface area contributed by atoms with E-state index in [0.29, 0.717) is 12.0 Å². The van der Waals surface area contributed by atoms with Crippen molar-refractivity contribution in [2.45, 2.75) is 98.4 Å². The molecule has 0 bridgehead atoms. The second kappa shape index (κ2) is 13.3. The summed E-state index contributed by atoms with van der Waals surface area (Å²) in [4.78, 5) is 53.0. The molecular formula is C27H43N3O7. The summed E-state index contributed by atoms with van der Waals surface area (Å²) in [7, 11) is 0. The Morgan fingerprint density at radius 3 is 2.24 bits per heavy atom. The number of alkyl carbamates (subject to hydrolysis) is 1. The SMILES string of the molecule is CCOC(=O)CCNC(=O)C(c1cccc(C)c1O)N(C(=O)C(C)NC(=O)OC(C)(C)C)C(C)(C)CC. The maximum Gasteiger partial charge on any atom is 0.408 e. The summed E-state index contributed by atoms with van der Waals surface area (Å²) in [6.45, 7) is 15.7. The Morgan fingerprint density at radius 2 is 1.70 bits per heavy atom. The van der Waals surface area contributed by atoms with E-state index in [2.05, 4.69) is 10.6 Å². The molecule has 208 valence electrons. The van der Waals surface area contributed by atoms with Gasteiger partial charge in [0.15, 0.2) is 0 Å². The van der Waals surface area contributed by atoms with Crippen LogP contribution < -0.4 is 10.6 Å². The zero-order valence-corrected chi connectivity index (χ0v) is 23.6. The van der Waals surface area contributed by atoms with Gasteiger partial charge >= 0.3 is 12.1 Å². The van der Waals surface area contributed by atoms with E-state index in [4.69, 9.17) is 9.47 Å². The molecule has 0 spiro atoms. The molecule has 3 N–H and O–H groups in total. The van der Waals surface area contributed by atoms with Gasteiger partial charge in [0.1, 0.15) is 23.4 Å². The first kappa shape index (κ1) is 31.7. The fourth-order valence-corrected chi connectivity index (χ4v) is 3.62. The van der Waals surface area contributed by atoms with Crippen LogP contribution in [0.2, 0.25) is 0 Å². The molecule has 37 heavy (non-hydrogen) atoms. The average molecular weight is 522 g/mol. The normalized spacial score (nSPS) is 13.2. The molecule has 2 unspecified atom stereocenters. The Morgan fingerprint density at radius 1 is 1.08 bits per heavy atom. The lowest BCUT2D eigenvalue weighted by molar-refractivity contribution is -0.149. The van der Waals surface area contributed by atoms with E-state index in [9.17, 15) is 24.3 Å². The van der Waals surface area contributed by atoms with Crippen LogP contribution in [0.5, 0.6) is 5.75 Å². The largest absolute Gasteiger partial charge is 0.507 e. The second-order valence-electron chi connectivity index (χ2n) is 10.5. The molecule has 10 heteroatoms. The van der Waals surface area contributed by atoms with Crippen LogP contribution >= 0.6 is 0 Å². The van der Waals surface area contributed by atoms with Crippen molar-refractivity contribution in [3.8, 4) is 5.75 Å². The van der Waals surface area contributed by atoms with Crippen molar-refractivity contribution in [3.05, 3.63) is 29.3 Å². The average Bonchev–Trinajstić information content (AvgIpc) is 2.77. The molecule has 0 radical (unpaired) electrons. The van der Waals surface area contributed by atoms with Gasteiger partial charge in [-0.2, -0.15) is 0 Å².